The van der Waals surface area contributed by atoms with Crippen LogP contribution >= 0.6 is 0 Å². The van der Waals surface area contributed by atoms with E-state index in [1.54, 1.807) is 12.4 Å². The van der Waals surface area contributed by atoms with E-state index in [1.807, 2.05) is 6.92 Å². The minimum Gasteiger partial charge on any atom is -0.258 e. The maximum Gasteiger partial charge on any atom is 0.0920 e. The molecule has 1 aromatic heterocycles. The SMILES string of the molecule is Cc1nccnc1-c1cccc2ccccc12. The highest BCUT2D eigenvalue weighted by molar-refractivity contribution is 5.96. The Labute approximate surface area is 100.0 Å². The molecular formula is C15H12N2. The van der Waals surface area contributed by atoms with E-state index in [4.69, 9.17) is 0 Å². The van der Waals surface area contributed by atoms with Crippen LogP contribution in [0.3, 0.4) is 0 Å². The maximum absolute atomic E-state index is 4.44. The summed E-state index contributed by atoms with van der Waals surface area (Å²) in [6.07, 6.45) is 3.47. The van der Waals surface area contributed by atoms with Crippen LogP contribution in [0.2, 0.25) is 0 Å². The molecule has 1 heterocycles. The molecule has 3 rings (SSSR count). The van der Waals surface area contributed by atoms with E-state index in [0.29, 0.717) is 0 Å². The van der Waals surface area contributed by atoms with Crippen molar-refractivity contribution in [1.82, 2.24) is 9.97 Å². The second-order valence-corrected chi connectivity index (χ2v) is 4.02. The second-order valence-electron chi connectivity index (χ2n) is 4.02. The predicted octanol–water partition coefficient (Wildman–Crippen LogP) is 3.61. The summed E-state index contributed by atoms with van der Waals surface area (Å²) in [7, 11) is 0. The summed E-state index contributed by atoms with van der Waals surface area (Å²) >= 11 is 0. The van der Waals surface area contributed by atoms with E-state index in [0.717, 1.165) is 17.0 Å². The zero-order valence-corrected chi connectivity index (χ0v) is 9.59. The molecule has 2 nitrogen and oxygen atoms in total. The topological polar surface area (TPSA) is 25.8 Å². The molecule has 2 heteroatoms. The minimum absolute atomic E-state index is 0.962. The molecule has 0 fully saturated rings. The zero-order valence-electron chi connectivity index (χ0n) is 9.59. The first-order valence-corrected chi connectivity index (χ1v) is 5.62. The van der Waals surface area contributed by atoms with Crippen molar-refractivity contribution in [3.05, 3.63) is 60.6 Å². The van der Waals surface area contributed by atoms with Crippen molar-refractivity contribution in [2.24, 2.45) is 0 Å². The molecule has 0 amide bonds. The quantitative estimate of drug-likeness (QED) is 0.626. The average Bonchev–Trinajstić information content (AvgIpc) is 2.39. The Balaban J connectivity index is 2.35. The largest absolute Gasteiger partial charge is 0.258 e. The highest BCUT2D eigenvalue weighted by Crippen LogP contribution is 2.28. The van der Waals surface area contributed by atoms with E-state index in [2.05, 4.69) is 52.4 Å². The Morgan fingerprint density at radius 2 is 1.59 bits per heavy atom. The number of fused-ring (bicyclic) bond motifs is 1. The lowest BCUT2D eigenvalue weighted by molar-refractivity contribution is 1.13. The van der Waals surface area contributed by atoms with Crippen molar-refractivity contribution in [1.29, 1.82) is 0 Å². The molecule has 0 spiro atoms. The van der Waals surface area contributed by atoms with Crippen LogP contribution < -0.4 is 0 Å². The van der Waals surface area contributed by atoms with Crippen molar-refractivity contribution in [2.75, 3.05) is 0 Å². The highest BCUT2D eigenvalue weighted by atomic mass is 14.8. The van der Waals surface area contributed by atoms with Crippen molar-refractivity contribution >= 4 is 10.8 Å². The molecule has 3 aromatic rings. The monoisotopic (exact) mass is 220 g/mol. The normalized spacial score (nSPS) is 10.6. The van der Waals surface area contributed by atoms with Crippen LogP contribution in [-0.4, -0.2) is 9.97 Å². The molecule has 17 heavy (non-hydrogen) atoms. The van der Waals surface area contributed by atoms with Gasteiger partial charge in [0.1, 0.15) is 0 Å². The van der Waals surface area contributed by atoms with Crippen molar-refractivity contribution in [2.45, 2.75) is 6.92 Å². The van der Waals surface area contributed by atoms with Crippen LogP contribution in [0.4, 0.5) is 0 Å². The highest BCUT2D eigenvalue weighted by Gasteiger charge is 2.07. The Morgan fingerprint density at radius 1 is 0.824 bits per heavy atom. The standard InChI is InChI=1S/C15H12N2/c1-11-15(17-10-9-16-11)14-8-4-6-12-5-2-3-7-13(12)14/h2-10H,1H3. The summed E-state index contributed by atoms with van der Waals surface area (Å²) in [6.45, 7) is 1.99. The minimum atomic E-state index is 0.962. The third-order valence-electron chi connectivity index (χ3n) is 2.93. The zero-order chi connectivity index (χ0) is 11.7. The van der Waals surface area contributed by atoms with Gasteiger partial charge in [-0.1, -0.05) is 42.5 Å². The lowest BCUT2D eigenvalue weighted by Crippen LogP contribution is -1.91. The van der Waals surface area contributed by atoms with Gasteiger partial charge in [0.15, 0.2) is 0 Å². The van der Waals surface area contributed by atoms with Gasteiger partial charge < -0.3 is 0 Å². The molecule has 0 aliphatic rings. The first-order chi connectivity index (χ1) is 8.36. The fraction of sp³-hybridized carbons (Fsp3) is 0.0667. The molecule has 0 unspecified atom stereocenters. The molecule has 0 bridgehead atoms. The molecule has 0 saturated heterocycles. The third-order valence-corrected chi connectivity index (χ3v) is 2.93. The summed E-state index contributed by atoms with van der Waals surface area (Å²) in [5, 5.41) is 2.45. The van der Waals surface area contributed by atoms with Gasteiger partial charge in [0.05, 0.1) is 11.4 Å². The van der Waals surface area contributed by atoms with E-state index in [9.17, 15) is 0 Å². The number of hydrogen-bond acceptors (Lipinski definition) is 2. The Kier molecular flexibility index (Phi) is 2.33. The third kappa shape index (κ3) is 1.68. The first kappa shape index (κ1) is 9.97. The average molecular weight is 220 g/mol. The summed E-state index contributed by atoms with van der Waals surface area (Å²) in [6, 6.07) is 14.6. The molecule has 0 aliphatic carbocycles. The predicted molar refractivity (Wildman–Crippen MR) is 69.7 cm³/mol. The molecular weight excluding hydrogens is 208 g/mol. The lowest BCUT2D eigenvalue weighted by atomic mass is 10.0. The smallest absolute Gasteiger partial charge is 0.0920 e. The number of aromatic nitrogens is 2. The molecule has 2 aromatic carbocycles. The lowest BCUT2D eigenvalue weighted by Gasteiger charge is -2.07. The van der Waals surface area contributed by atoms with Crippen molar-refractivity contribution < 1.29 is 0 Å². The Hall–Kier alpha value is -2.22. The van der Waals surface area contributed by atoms with Crippen LogP contribution in [0.25, 0.3) is 22.0 Å². The fourth-order valence-electron chi connectivity index (χ4n) is 2.10. The van der Waals surface area contributed by atoms with Crippen LogP contribution in [-0.2, 0) is 0 Å². The molecule has 0 aliphatic heterocycles. The number of hydrogen-bond donors (Lipinski definition) is 0. The number of nitrogens with zero attached hydrogens (tertiary/aromatic N) is 2. The van der Waals surface area contributed by atoms with Gasteiger partial charge in [0, 0.05) is 18.0 Å². The van der Waals surface area contributed by atoms with Crippen molar-refractivity contribution in [3.8, 4) is 11.3 Å². The molecule has 0 saturated carbocycles. The van der Waals surface area contributed by atoms with Gasteiger partial charge in [-0.15, -0.1) is 0 Å². The molecule has 0 radical (unpaired) electrons. The summed E-state index contributed by atoms with van der Waals surface area (Å²) in [5.41, 5.74) is 3.07. The Bertz CT molecular complexity index is 669. The number of benzene rings is 2. The van der Waals surface area contributed by atoms with Crippen LogP contribution in [0, 0.1) is 6.92 Å². The Morgan fingerprint density at radius 3 is 2.47 bits per heavy atom. The molecule has 0 atom stereocenters. The van der Waals surface area contributed by atoms with Crippen LogP contribution in [0.1, 0.15) is 5.69 Å². The number of rotatable bonds is 1. The van der Waals surface area contributed by atoms with Gasteiger partial charge in [-0.3, -0.25) is 9.97 Å². The summed E-state index contributed by atoms with van der Waals surface area (Å²) in [4.78, 5) is 8.74. The van der Waals surface area contributed by atoms with E-state index < -0.39 is 0 Å². The molecule has 82 valence electrons. The van der Waals surface area contributed by atoms with Gasteiger partial charge >= 0.3 is 0 Å². The van der Waals surface area contributed by atoms with Crippen molar-refractivity contribution in [3.63, 3.8) is 0 Å². The maximum atomic E-state index is 4.44. The van der Waals surface area contributed by atoms with Gasteiger partial charge in [-0.25, -0.2) is 0 Å². The van der Waals surface area contributed by atoms with Crippen LogP contribution in [0.5, 0.6) is 0 Å². The summed E-state index contributed by atoms with van der Waals surface area (Å²) in [5.74, 6) is 0. The van der Waals surface area contributed by atoms with E-state index in [1.165, 1.54) is 10.8 Å². The second kappa shape index (κ2) is 3.98. The van der Waals surface area contributed by atoms with E-state index >= 15 is 0 Å². The molecule has 0 N–H and O–H groups in total. The first-order valence-electron chi connectivity index (χ1n) is 5.62. The van der Waals surface area contributed by atoms with Gasteiger partial charge in [0.25, 0.3) is 0 Å². The fourth-order valence-corrected chi connectivity index (χ4v) is 2.10. The summed E-state index contributed by atoms with van der Waals surface area (Å²) < 4.78 is 0. The van der Waals surface area contributed by atoms with E-state index in [-0.39, 0.29) is 0 Å². The van der Waals surface area contributed by atoms with Gasteiger partial charge in [0.2, 0.25) is 0 Å². The van der Waals surface area contributed by atoms with Crippen LogP contribution in [0.15, 0.2) is 54.9 Å². The van der Waals surface area contributed by atoms with Gasteiger partial charge in [-0.05, 0) is 17.7 Å². The number of aryl methyl sites for hydroxylation is 1. The van der Waals surface area contributed by atoms with Gasteiger partial charge in [-0.2, -0.15) is 0 Å².